The Morgan fingerprint density at radius 2 is 2.20 bits per heavy atom. The number of amides is 1. The predicted molar refractivity (Wildman–Crippen MR) is 78.4 cm³/mol. The number of carbonyl (C=O) groups excluding carboxylic acids is 1. The highest BCUT2D eigenvalue weighted by molar-refractivity contribution is 5.94. The van der Waals surface area contributed by atoms with Gasteiger partial charge < -0.3 is 15.2 Å². The van der Waals surface area contributed by atoms with Crippen molar-refractivity contribution in [3.8, 4) is 11.8 Å². The molecule has 1 aromatic carbocycles. The molecule has 4 nitrogen and oxygen atoms in total. The van der Waals surface area contributed by atoms with Crippen LogP contribution in [0.25, 0.3) is 0 Å². The Labute approximate surface area is 120 Å². The normalized spacial score (nSPS) is 11.7. The minimum Gasteiger partial charge on any atom is -0.384 e. The molecule has 1 rings (SSSR count). The predicted octanol–water partition coefficient (Wildman–Crippen LogP) is 1.43. The number of hydrogen-bond acceptors (Lipinski definition) is 3. The maximum absolute atomic E-state index is 12.2. The largest absolute Gasteiger partial charge is 0.384 e. The van der Waals surface area contributed by atoms with Crippen LogP contribution in [-0.2, 0) is 4.74 Å². The van der Waals surface area contributed by atoms with Crippen LogP contribution in [0, 0.1) is 17.8 Å². The number of rotatable bonds is 5. The van der Waals surface area contributed by atoms with Gasteiger partial charge in [-0.15, -0.1) is 0 Å². The molecule has 4 heteroatoms. The SMILES string of the molecule is COCC(NC(=O)c1cccc(C#CCO)c1)C(C)C. The highest BCUT2D eigenvalue weighted by Crippen LogP contribution is 2.07. The quantitative estimate of drug-likeness (QED) is 0.799. The van der Waals surface area contributed by atoms with Gasteiger partial charge in [0.15, 0.2) is 0 Å². The summed E-state index contributed by atoms with van der Waals surface area (Å²) in [4.78, 5) is 12.2. The summed E-state index contributed by atoms with van der Waals surface area (Å²) in [6.07, 6.45) is 0. The highest BCUT2D eigenvalue weighted by atomic mass is 16.5. The number of hydrogen-bond donors (Lipinski definition) is 2. The van der Waals surface area contributed by atoms with Crippen LogP contribution in [-0.4, -0.2) is 37.4 Å². The molecule has 2 N–H and O–H groups in total. The van der Waals surface area contributed by atoms with E-state index < -0.39 is 0 Å². The topological polar surface area (TPSA) is 58.6 Å². The second-order valence-corrected chi connectivity index (χ2v) is 4.82. The first-order valence-corrected chi connectivity index (χ1v) is 6.58. The number of ether oxygens (including phenoxy) is 1. The van der Waals surface area contributed by atoms with Gasteiger partial charge in [-0.2, -0.15) is 0 Å². The summed E-state index contributed by atoms with van der Waals surface area (Å²) < 4.78 is 5.11. The monoisotopic (exact) mass is 275 g/mol. The average molecular weight is 275 g/mol. The van der Waals surface area contributed by atoms with Crippen LogP contribution >= 0.6 is 0 Å². The molecule has 0 saturated carbocycles. The minimum absolute atomic E-state index is 0.0281. The molecule has 0 bridgehead atoms. The van der Waals surface area contributed by atoms with Crippen LogP contribution in [0.4, 0.5) is 0 Å². The van der Waals surface area contributed by atoms with Crippen molar-refractivity contribution in [3.63, 3.8) is 0 Å². The van der Waals surface area contributed by atoms with E-state index in [1.807, 2.05) is 13.8 Å². The third-order valence-corrected chi connectivity index (χ3v) is 2.90. The van der Waals surface area contributed by atoms with Gasteiger partial charge in [0.25, 0.3) is 5.91 Å². The van der Waals surface area contributed by atoms with Crippen molar-refractivity contribution in [2.45, 2.75) is 19.9 Å². The lowest BCUT2D eigenvalue weighted by atomic mass is 10.0. The zero-order chi connectivity index (χ0) is 15.0. The summed E-state index contributed by atoms with van der Waals surface area (Å²) in [7, 11) is 1.62. The Hall–Kier alpha value is -1.83. The molecule has 0 heterocycles. The molecule has 1 aromatic rings. The third kappa shape index (κ3) is 5.04. The second-order valence-electron chi connectivity index (χ2n) is 4.82. The van der Waals surface area contributed by atoms with Crippen molar-refractivity contribution >= 4 is 5.91 Å². The Balaban J connectivity index is 2.81. The van der Waals surface area contributed by atoms with E-state index in [1.54, 1.807) is 31.4 Å². The van der Waals surface area contributed by atoms with Gasteiger partial charge in [0.1, 0.15) is 6.61 Å². The van der Waals surface area contributed by atoms with Gasteiger partial charge in [-0.25, -0.2) is 0 Å². The number of aliphatic hydroxyl groups is 1. The third-order valence-electron chi connectivity index (χ3n) is 2.90. The molecule has 0 saturated heterocycles. The molecule has 0 fully saturated rings. The fourth-order valence-electron chi connectivity index (χ4n) is 1.71. The van der Waals surface area contributed by atoms with Crippen molar-refractivity contribution in [3.05, 3.63) is 35.4 Å². The number of benzene rings is 1. The molecule has 108 valence electrons. The van der Waals surface area contributed by atoms with Crippen LogP contribution < -0.4 is 5.32 Å². The molecule has 0 spiro atoms. The van der Waals surface area contributed by atoms with Crippen molar-refractivity contribution in [1.29, 1.82) is 0 Å². The van der Waals surface area contributed by atoms with Crippen LogP contribution in [0.5, 0.6) is 0 Å². The summed E-state index contributed by atoms with van der Waals surface area (Å²) in [6, 6.07) is 7.00. The highest BCUT2D eigenvalue weighted by Gasteiger charge is 2.16. The van der Waals surface area contributed by atoms with Gasteiger partial charge in [0, 0.05) is 18.2 Å². The lowest BCUT2D eigenvalue weighted by Crippen LogP contribution is -2.41. The van der Waals surface area contributed by atoms with E-state index in [-0.39, 0.29) is 24.5 Å². The van der Waals surface area contributed by atoms with Crippen LogP contribution in [0.3, 0.4) is 0 Å². The summed E-state index contributed by atoms with van der Waals surface area (Å²) in [6.45, 7) is 4.35. The second kappa shape index (κ2) is 8.36. The average Bonchev–Trinajstić information content (AvgIpc) is 2.44. The van der Waals surface area contributed by atoms with E-state index in [4.69, 9.17) is 9.84 Å². The van der Waals surface area contributed by atoms with Crippen LogP contribution in [0.1, 0.15) is 29.8 Å². The van der Waals surface area contributed by atoms with Crippen molar-refractivity contribution in [1.82, 2.24) is 5.32 Å². The fraction of sp³-hybridized carbons (Fsp3) is 0.438. The van der Waals surface area contributed by atoms with Gasteiger partial charge in [-0.3, -0.25) is 4.79 Å². The molecule has 0 aromatic heterocycles. The van der Waals surface area contributed by atoms with Crippen molar-refractivity contribution in [2.24, 2.45) is 5.92 Å². The van der Waals surface area contributed by atoms with E-state index in [0.29, 0.717) is 17.7 Å². The molecule has 0 aliphatic heterocycles. The van der Waals surface area contributed by atoms with Gasteiger partial charge >= 0.3 is 0 Å². The summed E-state index contributed by atoms with van der Waals surface area (Å²) in [5.41, 5.74) is 1.26. The number of methoxy groups -OCH3 is 1. The van der Waals surface area contributed by atoms with E-state index in [9.17, 15) is 4.79 Å². The van der Waals surface area contributed by atoms with Gasteiger partial charge in [0.05, 0.1) is 12.6 Å². The summed E-state index contributed by atoms with van der Waals surface area (Å²) in [5.74, 6) is 5.49. The minimum atomic E-state index is -0.195. The Morgan fingerprint density at radius 3 is 2.80 bits per heavy atom. The molecule has 1 amide bonds. The van der Waals surface area contributed by atoms with Gasteiger partial charge in [-0.05, 0) is 24.1 Å². The lowest BCUT2D eigenvalue weighted by molar-refractivity contribution is 0.0866. The lowest BCUT2D eigenvalue weighted by Gasteiger charge is -2.21. The van der Waals surface area contributed by atoms with Crippen LogP contribution in [0.2, 0.25) is 0 Å². The first-order chi connectivity index (χ1) is 9.58. The van der Waals surface area contributed by atoms with Crippen molar-refractivity contribution < 1.29 is 14.6 Å². The van der Waals surface area contributed by atoms with E-state index in [0.717, 1.165) is 0 Å². The number of aliphatic hydroxyl groups excluding tert-OH is 1. The molecule has 1 unspecified atom stereocenters. The van der Waals surface area contributed by atoms with E-state index in [1.165, 1.54) is 0 Å². The molecule has 1 atom stereocenters. The van der Waals surface area contributed by atoms with E-state index >= 15 is 0 Å². The zero-order valence-electron chi connectivity index (χ0n) is 12.1. The molecule has 20 heavy (non-hydrogen) atoms. The molecule has 0 aliphatic rings. The van der Waals surface area contributed by atoms with Gasteiger partial charge in [-0.1, -0.05) is 31.8 Å². The zero-order valence-corrected chi connectivity index (χ0v) is 12.1. The number of carbonyl (C=O) groups is 1. The Bertz CT molecular complexity index is 500. The summed E-state index contributed by atoms with van der Waals surface area (Å²) in [5, 5.41) is 11.6. The first kappa shape index (κ1) is 16.2. The number of nitrogens with one attached hydrogen (secondary N) is 1. The molecule has 0 radical (unpaired) electrons. The Morgan fingerprint density at radius 1 is 1.45 bits per heavy atom. The standard InChI is InChI=1S/C16H21NO3/c1-12(2)15(11-20-3)17-16(19)14-8-4-6-13(10-14)7-5-9-18/h4,6,8,10,12,15,18H,9,11H2,1-3H3,(H,17,19). The maximum atomic E-state index is 12.2. The molecular weight excluding hydrogens is 254 g/mol. The van der Waals surface area contributed by atoms with Crippen LogP contribution in [0.15, 0.2) is 24.3 Å². The smallest absolute Gasteiger partial charge is 0.251 e. The summed E-state index contributed by atoms with van der Waals surface area (Å²) >= 11 is 0. The molecular formula is C16H21NO3. The van der Waals surface area contributed by atoms with E-state index in [2.05, 4.69) is 17.2 Å². The molecule has 0 aliphatic carbocycles. The maximum Gasteiger partial charge on any atom is 0.251 e. The fourth-order valence-corrected chi connectivity index (χ4v) is 1.71. The van der Waals surface area contributed by atoms with Crippen molar-refractivity contribution in [2.75, 3.05) is 20.3 Å². The van der Waals surface area contributed by atoms with Gasteiger partial charge in [0.2, 0.25) is 0 Å². The Kier molecular flexibility index (Phi) is 6.78. The first-order valence-electron chi connectivity index (χ1n) is 6.58.